The molecule has 0 spiro atoms. The van der Waals surface area contributed by atoms with Crippen molar-refractivity contribution in [2.45, 2.75) is 32.8 Å². The van der Waals surface area contributed by atoms with E-state index in [4.69, 9.17) is 9.47 Å². The van der Waals surface area contributed by atoms with Gasteiger partial charge in [-0.2, -0.15) is 0 Å². The number of hydrogen-bond acceptors (Lipinski definition) is 3. The Kier molecular flexibility index (Phi) is 6.59. The predicted octanol–water partition coefficient (Wildman–Crippen LogP) is 6.10. The molecule has 0 bridgehead atoms. The van der Waals surface area contributed by atoms with Gasteiger partial charge in [-0.3, -0.25) is 4.79 Å². The first-order chi connectivity index (χ1) is 14.7. The number of anilines is 1. The van der Waals surface area contributed by atoms with Crippen molar-refractivity contribution in [3.8, 4) is 11.5 Å². The second-order valence-corrected chi connectivity index (χ2v) is 8.11. The van der Waals surface area contributed by atoms with Gasteiger partial charge in [-0.05, 0) is 47.4 Å². The van der Waals surface area contributed by atoms with Crippen LogP contribution in [0.5, 0.6) is 11.5 Å². The third-order valence-corrected chi connectivity index (χ3v) is 4.82. The molecular formula is C25H25F2NO3. The Morgan fingerprint density at radius 1 is 0.935 bits per heavy atom. The highest BCUT2D eigenvalue weighted by molar-refractivity contribution is 6.04. The fourth-order valence-electron chi connectivity index (χ4n) is 3.20. The van der Waals surface area contributed by atoms with Crippen molar-refractivity contribution in [3.63, 3.8) is 0 Å². The van der Waals surface area contributed by atoms with E-state index in [1.54, 1.807) is 12.1 Å². The lowest BCUT2D eigenvalue weighted by Gasteiger charge is -2.23. The largest absolute Gasteiger partial charge is 0.496 e. The Hall–Kier alpha value is -3.41. The van der Waals surface area contributed by atoms with Crippen molar-refractivity contribution in [1.82, 2.24) is 0 Å². The second-order valence-electron chi connectivity index (χ2n) is 8.11. The fraction of sp³-hybridized carbons (Fsp3) is 0.240. The van der Waals surface area contributed by atoms with Gasteiger partial charge in [0, 0.05) is 11.1 Å². The van der Waals surface area contributed by atoms with Crippen molar-refractivity contribution >= 4 is 11.6 Å². The zero-order valence-corrected chi connectivity index (χ0v) is 18.0. The maximum Gasteiger partial charge on any atom is 0.255 e. The summed E-state index contributed by atoms with van der Waals surface area (Å²) in [5, 5.41) is 2.29. The first-order valence-corrected chi connectivity index (χ1v) is 9.85. The number of para-hydroxylation sites is 2. The first-order valence-electron chi connectivity index (χ1n) is 9.85. The maximum absolute atomic E-state index is 13.9. The molecule has 0 aliphatic carbocycles. The quantitative estimate of drug-likeness (QED) is 0.519. The van der Waals surface area contributed by atoms with Gasteiger partial charge in [0.1, 0.15) is 35.4 Å². The number of methoxy groups -OCH3 is 1. The van der Waals surface area contributed by atoms with Crippen LogP contribution in [0.15, 0.2) is 60.7 Å². The number of ether oxygens (including phenoxy) is 2. The van der Waals surface area contributed by atoms with Crippen LogP contribution in [0.3, 0.4) is 0 Å². The maximum atomic E-state index is 13.9. The number of benzene rings is 3. The van der Waals surface area contributed by atoms with Crippen LogP contribution < -0.4 is 14.8 Å². The summed E-state index contributed by atoms with van der Waals surface area (Å²) in [6, 6.07) is 15.9. The van der Waals surface area contributed by atoms with Gasteiger partial charge in [-0.25, -0.2) is 8.78 Å². The predicted molar refractivity (Wildman–Crippen MR) is 117 cm³/mol. The van der Waals surface area contributed by atoms with Crippen molar-refractivity contribution in [1.29, 1.82) is 0 Å². The molecule has 1 amide bonds. The van der Waals surface area contributed by atoms with Gasteiger partial charge in [0.25, 0.3) is 5.91 Å². The molecule has 0 unspecified atom stereocenters. The molecule has 0 aliphatic heterocycles. The van der Waals surface area contributed by atoms with Gasteiger partial charge >= 0.3 is 0 Å². The van der Waals surface area contributed by atoms with Gasteiger partial charge in [0.2, 0.25) is 0 Å². The molecule has 0 heterocycles. The smallest absolute Gasteiger partial charge is 0.255 e. The van der Waals surface area contributed by atoms with Gasteiger partial charge in [0.05, 0.1) is 7.11 Å². The van der Waals surface area contributed by atoms with Crippen molar-refractivity contribution in [2.24, 2.45) is 0 Å². The molecule has 0 aliphatic rings. The first kappa shape index (κ1) is 22.3. The summed E-state index contributed by atoms with van der Waals surface area (Å²) in [4.78, 5) is 12.6. The molecule has 1 N–H and O–H groups in total. The lowest BCUT2D eigenvalue weighted by Crippen LogP contribution is -2.15. The van der Waals surface area contributed by atoms with E-state index in [1.807, 2.05) is 24.3 Å². The Labute approximate surface area is 180 Å². The summed E-state index contributed by atoms with van der Waals surface area (Å²) in [5.74, 6) is -1.04. The van der Waals surface area contributed by atoms with Gasteiger partial charge in [-0.1, -0.05) is 45.0 Å². The van der Waals surface area contributed by atoms with E-state index in [-0.39, 0.29) is 17.6 Å². The molecule has 4 nitrogen and oxygen atoms in total. The highest BCUT2D eigenvalue weighted by Gasteiger charge is 2.19. The zero-order valence-electron chi connectivity index (χ0n) is 18.0. The number of hydrogen-bond donors (Lipinski definition) is 1. The van der Waals surface area contributed by atoms with Crippen LogP contribution in [0.4, 0.5) is 14.5 Å². The van der Waals surface area contributed by atoms with E-state index in [9.17, 15) is 13.6 Å². The molecule has 3 rings (SSSR count). The summed E-state index contributed by atoms with van der Waals surface area (Å²) in [5.41, 5.74) is 1.32. The Morgan fingerprint density at radius 3 is 2.26 bits per heavy atom. The number of halogens is 2. The lowest BCUT2D eigenvalue weighted by molar-refractivity contribution is 0.102. The summed E-state index contributed by atoms with van der Waals surface area (Å²) >= 11 is 0. The number of rotatable bonds is 6. The molecular weight excluding hydrogens is 400 g/mol. The SMILES string of the molecule is COc1ccc(C(=O)Nc2c(F)cccc2F)cc1COc1ccccc1C(C)(C)C. The zero-order chi connectivity index (χ0) is 22.6. The number of carbonyl (C=O) groups excluding carboxylic acids is 1. The van der Waals surface area contributed by atoms with Crippen molar-refractivity contribution in [2.75, 3.05) is 12.4 Å². The highest BCUT2D eigenvalue weighted by Crippen LogP contribution is 2.32. The summed E-state index contributed by atoms with van der Waals surface area (Å²) in [6.07, 6.45) is 0. The highest BCUT2D eigenvalue weighted by atomic mass is 19.1. The van der Waals surface area contributed by atoms with Crippen LogP contribution >= 0.6 is 0 Å². The number of amides is 1. The molecule has 3 aromatic rings. The number of carbonyl (C=O) groups is 1. The van der Waals surface area contributed by atoms with Crippen LogP contribution in [0.2, 0.25) is 0 Å². The lowest BCUT2D eigenvalue weighted by atomic mass is 9.86. The topological polar surface area (TPSA) is 47.6 Å². The summed E-state index contributed by atoms with van der Waals surface area (Å²) in [7, 11) is 1.52. The standard InChI is InChI=1S/C25H25F2NO3/c1-25(2,3)18-8-5-6-11-22(18)31-15-17-14-16(12-13-21(17)30-4)24(29)28-23-19(26)9-7-10-20(23)27/h5-14H,15H2,1-4H3,(H,28,29). The minimum atomic E-state index is -0.843. The normalized spacial score (nSPS) is 11.2. The summed E-state index contributed by atoms with van der Waals surface area (Å²) in [6.45, 7) is 6.46. The van der Waals surface area contributed by atoms with E-state index in [0.717, 1.165) is 23.4 Å². The van der Waals surface area contributed by atoms with E-state index >= 15 is 0 Å². The Balaban J connectivity index is 1.84. The van der Waals surface area contributed by atoms with Gasteiger partial charge in [0.15, 0.2) is 0 Å². The van der Waals surface area contributed by atoms with E-state index in [1.165, 1.54) is 19.2 Å². The van der Waals surface area contributed by atoms with E-state index in [0.29, 0.717) is 11.3 Å². The number of nitrogens with one attached hydrogen (secondary N) is 1. The molecule has 0 fully saturated rings. The molecule has 3 aromatic carbocycles. The van der Waals surface area contributed by atoms with Crippen LogP contribution in [-0.2, 0) is 12.0 Å². The monoisotopic (exact) mass is 425 g/mol. The average molecular weight is 425 g/mol. The van der Waals surface area contributed by atoms with Gasteiger partial charge < -0.3 is 14.8 Å². The van der Waals surface area contributed by atoms with E-state index < -0.39 is 23.2 Å². The van der Waals surface area contributed by atoms with Crippen LogP contribution in [0.25, 0.3) is 0 Å². The molecule has 6 heteroatoms. The molecule has 31 heavy (non-hydrogen) atoms. The third-order valence-electron chi connectivity index (χ3n) is 4.82. The minimum Gasteiger partial charge on any atom is -0.496 e. The van der Waals surface area contributed by atoms with Crippen LogP contribution in [0.1, 0.15) is 42.3 Å². The second kappa shape index (κ2) is 9.16. The molecule has 0 saturated heterocycles. The van der Waals surface area contributed by atoms with Gasteiger partial charge in [-0.15, -0.1) is 0 Å². The Morgan fingerprint density at radius 2 is 1.61 bits per heavy atom. The van der Waals surface area contributed by atoms with E-state index in [2.05, 4.69) is 26.1 Å². The minimum absolute atomic E-state index is 0.105. The molecule has 162 valence electrons. The third kappa shape index (κ3) is 5.20. The molecule has 0 radical (unpaired) electrons. The summed E-state index contributed by atoms with van der Waals surface area (Å²) < 4.78 is 39.2. The molecule has 0 aromatic heterocycles. The molecule has 0 atom stereocenters. The Bertz CT molecular complexity index is 1070. The molecule has 0 saturated carbocycles. The van der Waals surface area contributed by atoms with Crippen LogP contribution in [0, 0.1) is 11.6 Å². The van der Waals surface area contributed by atoms with Crippen molar-refractivity contribution in [3.05, 3.63) is 89.0 Å². The van der Waals surface area contributed by atoms with Crippen LogP contribution in [-0.4, -0.2) is 13.0 Å². The van der Waals surface area contributed by atoms with Crippen molar-refractivity contribution < 1.29 is 23.0 Å². The fourth-order valence-corrected chi connectivity index (χ4v) is 3.20. The average Bonchev–Trinajstić information content (AvgIpc) is 2.74.